The number of ketones is 1. The second kappa shape index (κ2) is 3.73. The van der Waals surface area contributed by atoms with Gasteiger partial charge in [-0.3, -0.25) is 9.20 Å². The van der Waals surface area contributed by atoms with Crippen LogP contribution in [0.2, 0.25) is 0 Å². The number of hydrogen-bond acceptors (Lipinski definition) is 3. The smallest absolute Gasteiger partial charge is 0.199 e. The first-order valence-corrected chi connectivity index (χ1v) is 4.71. The summed E-state index contributed by atoms with van der Waals surface area (Å²) in [5.41, 5.74) is 0.936. The van der Waals surface area contributed by atoms with Gasteiger partial charge in [0.1, 0.15) is 11.6 Å². The van der Waals surface area contributed by atoms with Crippen molar-refractivity contribution >= 4 is 11.3 Å². The normalized spacial score (nSPS) is 10.5. The van der Waals surface area contributed by atoms with E-state index in [2.05, 4.69) is 4.98 Å². The van der Waals surface area contributed by atoms with Crippen molar-refractivity contribution in [2.45, 2.75) is 13.3 Å². The molecule has 2 aromatic rings. The minimum atomic E-state index is 0.0911. The van der Waals surface area contributed by atoms with Gasteiger partial charge in [0.2, 0.25) is 0 Å². The third-order valence-electron chi connectivity index (χ3n) is 2.20. The number of aromatic nitrogens is 2. The molecule has 0 fully saturated rings. The number of nitrogens with zero attached hydrogens (tertiary/aromatic N) is 2. The first-order chi connectivity index (χ1) is 7.22. The molecule has 0 amide bonds. The van der Waals surface area contributed by atoms with Crippen LogP contribution in [0.25, 0.3) is 5.52 Å². The molecule has 2 rings (SSSR count). The Balaban J connectivity index is 2.60. The molecular weight excluding hydrogens is 192 g/mol. The lowest BCUT2D eigenvalue weighted by Crippen LogP contribution is -2.04. The number of carbonyl (C=O) groups excluding carboxylic acids is 1. The van der Waals surface area contributed by atoms with Crippen molar-refractivity contribution in [3.8, 4) is 5.88 Å². The van der Waals surface area contributed by atoms with Gasteiger partial charge in [-0.05, 0) is 19.1 Å². The standard InChI is InChI=1S/C11H12N2O2/c1-8(14)6-10-12-7-9-4-3-5-11(15-2)13(9)10/h3-5,7H,6H2,1-2H3. The minimum Gasteiger partial charge on any atom is -0.482 e. The summed E-state index contributed by atoms with van der Waals surface area (Å²) in [6.45, 7) is 1.55. The van der Waals surface area contributed by atoms with Crippen LogP contribution in [0, 0.1) is 0 Å². The number of carbonyl (C=O) groups is 1. The Kier molecular flexibility index (Phi) is 2.41. The maximum absolute atomic E-state index is 11.1. The van der Waals surface area contributed by atoms with Crippen molar-refractivity contribution in [3.05, 3.63) is 30.2 Å². The van der Waals surface area contributed by atoms with Crippen molar-refractivity contribution in [2.24, 2.45) is 0 Å². The molecule has 0 N–H and O–H groups in total. The van der Waals surface area contributed by atoms with Crippen molar-refractivity contribution in [3.63, 3.8) is 0 Å². The summed E-state index contributed by atoms with van der Waals surface area (Å²) >= 11 is 0. The van der Waals surface area contributed by atoms with Gasteiger partial charge in [0.25, 0.3) is 0 Å². The van der Waals surface area contributed by atoms with Gasteiger partial charge in [-0.2, -0.15) is 0 Å². The number of pyridine rings is 1. The van der Waals surface area contributed by atoms with Crippen LogP contribution in [0.1, 0.15) is 12.7 Å². The summed E-state index contributed by atoms with van der Waals surface area (Å²) in [6, 6.07) is 5.67. The number of rotatable bonds is 3. The molecule has 0 unspecified atom stereocenters. The Labute approximate surface area is 87.5 Å². The van der Waals surface area contributed by atoms with E-state index in [4.69, 9.17) is 4.74 Å². The topological polar surface area (TPSA) is 43.6 Å². The largest absolute Gasteiger partial charge is 0.482 e. The number of Topliss-reactive ketones (excluding diaryl/α,β-unsaturated/α-hetero) is 1. The molecular formula is C11H12N2O2. The van der Waals surface area contributed by atoms with Crippen LogP contribution < -0.4 is 4.74 Å². The van der Waals surface area contributed by atoms with Crippen LogP contribution >= 0.6 is 0 Å². The zero-order valence-corrected chi connectivity index (χ0v) is 8.73. The molecule has 0 radical (unpaired) electrons. The maximum atomic E-state index is 11.1. The minimum absolute atomic E-state index is 0.0911. The number of ether oxygens (including phenoxy) is 1. The van der Waals surface area contributed by atoms with Gasteiger partial charge in [-0.25, -0.2) is 4.98 Å². The third-order valence-corrected chi connectivity index (χ3v) is 2.20. The van der Waals surface area contributed by atoms with Crippen molar-refractivity contribution in [2.75, 3.05) is 7.11 Å². The van der Waals surface area contributed by atoms with Crippen LogP contribution in [-0.2, 0) is 11.2 Å². The molecule has 0 atom stereocenters. The molecule has 2 heterocycles. The summed E-state index contributed by atoms with van der Waals surface area (Å²) in [5, 5.41) is 0. The lowest BCUT2D eigenvalue weighted by Gasteiger charge is -2.05. The predicted octanol–water partition coefficient (Wildman–Crippen LogP) is 1.47. The van der Waals surface area contributed by atoms with Crippen LogP contribution in [0.3, 0.4) is 0 Å². The Hall–Kier alpha value is -1.84. The highest BCUT2D eigenvalue weighted by Gasteiger charge is 2.09. The fraction of sp³-hybridized carbons (Fsp3) is 0.273. The second-order valence-electron chi connectivity index (χ2n) is 3.38. The van der Waals surface area contributed by atoms with E-state index in [1.54, 1.807) is 20.2 Å². The van der Waals surface area contributed by atoms with Crippen molar-refractivity contribution in [1.29, 1.82) is 0 Å². The highest BCUT2D eigenvalue weighted by Crippen LogP contribution is 2.17. The first kappa shape index (κ1) is 9.71. The lowest BCUT2D eigenvalue weighted by molar-refractivity contribution is -0.116. The summed E-state index contributed by atoms with van der Waals surface area (Å²) in [6.07, 6.45) is 2.06. The molecule has 15 heavy (non-hydrogen) atoms. The van der Waals surface area contributed by atoms with Crippen LogP contribution in [0.5, 0.6) is 5.88 Å². The summed E-state index contributed by atoms with van der Waals surface area (Å²) < 4.78 is 7.07. The summed E-state index contributed by atoms with van der Waals surface area (Å²) in [4.78, 5) is 15.3. The van der Waals surface area contributed by atoms with Gasteiger partial charge in [0.05, 0.1) is 25.2 Å². The van der Waals surface area contributed by atoms with Crippen molar-refractivity contribution in [1.82, 2.24) is 9.38 Å². The molecule has 0 saturated carbocycles. The van der Waals surface area contributed by atoms with Gasteiger partial charge < -0.3 is 4.74 Å². The van der Waals surface area contributed by atoms with Gasteiger partial charge in [-0.1, -0.05) is 6.07 Å². The maximum Gasteiger partial charge on any atom is 0.199 e. The summed E-state index contributed by atoms with van der Waals surface area (Å²) in [5.74, 6) is 1.50. The molecule has 0 saturated heterocycles. The highest BCUT2D eigenvalue weighted by molar-refractivity contribution is 5.77. The molecule has 0 bridgehead atoms. The quantitative estimate of drug-likeness (QED) is 0.760. The van der Waals surface area contributed by atoms with Crippen LogP contribution in [0.15, 0.2) is 24.4 Å². The zero-order chi connectivity index (χ0) is 10.8. The average molecular weight is 204 g/mol. The van der Waals surface area contributed by atoms with E-state index in [9.17, 15) is 4.79 Å². The molecule has 4 heteroatoms. The molecule has 2 aromatic heterocycles. The van der Waals surface area contributed by atoms with Gasteiger partial charge in [0, 0.05) is 0 Å². The number of fused-ring (bicyclic) bond motifs is 1. The van der Waals surface area contributed by atoms with Gasteiger partial charge >= 0.3 is 0 Å². The van der Waals surface area contributed by atoms with E-state index in [0.717, 1.165) is 11.3 Å². The lowest BCUT2D eigenvalue weighted by atomic mass is 10.3. The van der Waals surface area contributed by atoms with E-state index >= 15 is 0 Å². The Morgan fingerprint density at radius 2 is 2.33 bits per heavy atom. The molecule has 0 aliphatic rings. The molecule has 4 nitrogen and oxygen atoms in total. The second-order valence-corrected chi connectivity index (χ2v) is 3.38. The first-order valence-electron chi connectivity index (χ1n) is 4.71. The van der Waals surface area contributed by atoms with Gasteiger partial charge in [0.15, 0.2) is 5.88 Å². The fourth-order valence-electron chi connectivity index (χ4n) is 1.59. The van der Waals surface area contributed by atoms with Crippen LogP contribution in [0.4, 0.5) is 0 Å². The Morgan fingerprint density at radius 3 is 3.00 bits per heavy atom. The van der Waals surface area contributed by atoms with E-state index in [1.165, 1.54) is 0 Å². The molecule has 0 aliphatic carbocycles. The molecule has 0 aromatic carbocycles. The Bertz CT molecular complexity index is 502. The average Bonchev–Trinajstić information content (AvgIpc) is 2.61. The van der Waals surface area contributed by atoms with E-state index in [0.29, 0.717) is 12.3 Å². The summed E-state index contributed by atoms with van der Waals surface area (Å²) in [7, 11) is 1.60. The number of hydrogen-bond donors (Lipinski definition) is 0. The monoisotopic (exact) mass is 204 g/mol. The third kappa shape index (κ3) is 1.70. The number of methoxy groups -OCH3 is 1. The molecule has 0 spiro atoms. The van der Waals surface area contributed by atoms with Crippen LogP contribution in [-0.4, -0.2) is 22.3 Å². The van der Waals surface area contributed by atoms with E-state index in [1.807, 2.05) is 22.6 Å². The zero-order valence-electron chi connectivity index (χ0n) is 8.73. The highest BCUT2D eigenvalue weighted by atomic mass is 16.5. The van der Waals surface area contributed by atoms with Gasteiger partial charge in [-0.15, -0.1) is 0 Å². The van der Waals surface area contributed by atoms with E-state index < -0.39 is 0 Å². The molecule has 0 aliphatic heterocycles. The fourth-order valence-corrected chi connectivity index (χ4v) is 1.59. The van der Waals surface area contributed by atoms with Crippen molar-refractivity contribution < 1.29 is 9.53 Å². The molecule has 78 valence electrons. The predicted molar refractivity (Wildman–Crippen MR) is 56.1 cm³/mol. The Morgan fingerprint density at radius 1 is 1.53 bits per heavy atom. The SMILES string of the molecule is COc1cccc2cnc(CC(C)=O)n12. The number of imidazole rings is 1. The van der Waals surface area contributed by atoms with E-state index in [-0.39, 0.29) is 5.78 Å².